The van der Waals surface area contributed by atoms with E-state index in [0.717, 1.165) is 24.9 Å². The topological polar surface area (TPSA) is 40.5 Å². The molecule has 0 spiro atoms. The summed E-state index contributed by atoms with van der Waals surface area (Å²) in [6.07, 6.45) is 1.98. The summed E-state index contributed by atoms with van der Waals surface area (Å²) in [6, 6.07) is 7.75. The largest absolute Gasteiger partial charge is 0.480 e. The number of aliphatic carboxylic acids is 1. The second-order valence-corrected chi connectivity index (χ2v) is 5.91. The number of rotatable bonds is 4. The predicted molar refractivity (Wildman–Crippen MR) is 76.1 cm³/mol. The van der Waals surface area contributed by atoms with E-state index in [1.54, 1.807) is 0 Å². The van der Waals surface area contributed by atoms with Crippen LogP contribution in [0.5, 0.6) is 0 Å². The molecule has 1 N–H and O–H groups in total. The number of carboxylic acids is 1. The number of hydrogen-bond donors (Lipinski definition) is 1. The molecule has 0 fully saturated rings. The van der Waals surface area contributed by atoms with E-state index in [4.69, 9.17) is 0 Å². The van der Waals surface area contributed by atoms with E-state index in [0.29, 0.717) is 12.0 Å². The molecule has 0 aliphatic carbocycles. The first-order valence-corrected chi connectivity index (χ1v) is 7.07. The van der Waals surface area contributed by atoms with E-state index in [9.17, 15) is 9.90 Å². The maximum absolute atomic E-state index is 11.7. The van der Waals surface area contributed by atoms with Gasteiger partial charge in [0.05, 0.1) is 0 Å². The highest BCUT2D eigenvalue weighted by Crippen LogP contribution is 2.32. The van der Waals surface area contributed by atoms with E-state index >= 15 is 0 Å². The van der Waals surface area contributed by atoms with Crippen molar-refractivity contribution >= 4 is 5.97 Å². The lowest BCUT2D eigenvalue weighted by Gasteiger charge is -2.39. The molecule has 19 heavy (non-hydrogen) atoms. The van der Waals surface area contributed by atoms with E-state index < -0.39 is 12.0 Å². The van der Waals surface area contributed by atoms with Crippen LogP contribution in [0.4, 0.5) is 0 Å². The van der Waals surface area contributed by atoms with Gasteiger partial charge in [0, 0.05) is 12.6 Å². The van der Waals surface area contributed by atoms with Crippen molar-refractivity contribution in [3.63, 3.8) is 0 Å². The molecule has 2 rings (SSSR count). The average Bonchev–Trinajstić information content (AvgIpc) is 2.36. The van der Waals surface area contributed by atoms with Gasteiger partial charge < -0.3 is 5.11 Å². The van der Waals surface area contributed by atoms with Crippen LogP contribution in [0.3, 0.4) is 0 Å². The third-order valence-electron chi connectivity index (χ3n) is 3.93. The Hall–Kier alpha value is -1.35. The number of hydrogen-bond acceptors (Lipinski definition) is 2. The quantitative estimate of drug-likeness (QED) is 0.905. The maximum Gasteiger partial charge on any atom is 0.325 e. The first-order chi connectivity index (χ1) is 9.00. The molecule has 3 nitrogen and oxygen atoms in total. The van der Waals surface area contributed by atoms with Gasteiger partial charge in [-0.2, -0.15) is 0 Å². The normalized spacial score (nSPS) is 21.2. The van der Waals surface area contributed by atoms with Crippen LogP contribution in [0.25, 0.3) is 0 Å². The molecule has 2 atom stereocenters. The molecular formula is C16H23NO2. The third-order valence-corrected chi connectivity index (χ3v) is 3.93. The Bertz CT molecular complexity index is 456. The van der Waals surface area contributed by atoms with Crippen LogP contribution in [0.15, 0.2) is 24.3 Å². The molecular weight excluding hydrogens is 238 g/mol. The Morgan fingerprint density at radius 2 is 2.05 bits per heavy atom. The third kappa shape index (κ3) is 2.98. The summed E-state index contributed by atoms with van der Waals surface area (Å²) in [5.41, 5.74) is 2.15. The lowest BCUT2D eigenvalue weighted by molar-refractivity contribution is -0.145. The first-order valence-electron chi connectivity index (χ1n) is 7.07. The van der Waals surface area contributed by atoms with Crippen molar-refractivity contribution < 1.29 is 9.90 Å². The lowest BCUT2D eigenvalue weighted by Crippen LogP contribution is -2.45. The number of benzene rings is 1. The van der Waals surface area contributed by atoms with Crippen molar-refractivity contribution in [1.29, 1.82) is 0 Å². The number of fused-ring (bicyclic) bond motifs is 1. The average molecular weight is 261 g/mol. The first kappa shape index (κ1) is 14.1. The van der Waals surface area contributed by atoms with Gasteiger partial charge in [-0.15, -0.1) is 0 Å². The van der Waals surface area contributed by atoms with E-state index in [-0.39, 0.29) is 0 Å². The van der Waals surface area contributed by atoms with Crippen LogP contribution in [0, 0.1) is 5.92 Å². The summed E-state index contributed by atoms with van der Waals surface area (Å²) in [5, 5.41) is 9.60. The van der Waals surface area contributed by atoms with Crippen molar-refractivity contribution in [1.82, 2.24) is 4.90 Å². The van der Waals surface area contributed by atoms with E-state index in [1.165, 1.54) is 5.56 Å². The van der Waals surface area contributed by atoms with Gasteiger partial charge in [-0.3, -0.25) is 9.69 Å². The van der Waals surface area contributed by atoms with Crippen LogP contribution in [-0.2, 0) is 11.2 Å². The second-order valence-electron chi connectivity index (χ2n) is 5.91. The van der Waals surface area contributed by atoms with Gasteiger partial charge >= 0.3 is 5.97 Å². The minimum atomic E-state index is -0.734. The summed E-state index contributed by atoms with van der Waals surface area (Å²) >= 11 is 0. The molecule has 0 saturated carbocycles. The van der Waals surface area contributed by atoms with Gasteiger partial charge in [0.15, 0.2) is 0 Å². The summed E-state index contributed by atoms with van der Waals surface area (Å²) in [7, 11) is 0. The Labute approximate surface area is 115 Å². The van der Waals surface area contributed by atoms with Gasteiger partial charge in [-0.05, 0) is 36.8 Å². The van der Waals surface area contributed by atoms with Crippen molar-refractivity contribution in [2.45, 2.75) is 45.7 Å². The molecule has 1 aliphatic heterocycles. The molecule has 0 bridgehead atoms. The summed E-state index contributed by atoms with van der Waals surface area (Å²) in [5.74, 6) is -0.149. The molecule has 3 heteroatoms. The van der Waals surface area contributed by atoms with Crippen LogP contribution in [0.1, 0.15) is 44.4 Å². The van der Waals surface area contributed by atoms with Crippen LogP contribution < -0.4 is 0 Å². The van der Waals surface area contributed by atoms with Gasteiger partial charge in [0.25, 0.3) is 0 Å². The van der Waals surface area contributed by atoms with Crippen LogP contribution in [0.2, 0.25) is 0 Å². The lowest BCUT2D eigenvalue weighted by atomic mass is 9.90. The van der Waals surface area contributed by atoms with Crippen LogP contribution >= 0.6 is 0 Å². The van der Waals surface area contributed by atoms with Gasteiger partial charge in [-0.1, -0.05) is 38.1 Å². The number of nitrogens with zero attached hydrogens (tertiary/aromatic N) is 1. The molecule has 2 unspecified atom stereocenters. The monoisotopic (exact) mass is 261 g/mol. The maximum atomic E-state index is 11.7. The summed E-state index contributed by atoms with van der Waals surface area (Å²) < 4.78 is 0. The Morgan fingerprint density at radius 3 is 2.68 bits per heavy atom. The van der Waals surface area contributed by atoms with Crippen molar-refractivity contribution in [3.8, 4) is 0 Å². The van der Waals surface area contributed by atoms with Crippen molar-refractivity contribution in [3.05, 3.63) is 35.4 Å². The minimum absolute atomic E-state index is 0.300. The molecule has 0 amide bonds. The molecule has 1 heterocycles. The molecule has 104 valence electrons. The minimum Gasteiger partial charge on any atom is -0.480 e. The zero-order valence-electron chi connectivity index (χ0n) is 12.0. The highest BCUT2D eigenvalue weighted by Gasteiger charge is 2.35. The number of carbonyl (C=O) groups is 1. The standard InChI is InChI=1S/C16H23NO2/c1-11(2)10-12(3)17-9-8-13-6-4-5-7-14(13)15(17)16(18)19/h4-7,11-12,15H,8-10H2,1-3H3,(H,18,19). The van der Waals surface area contributed by atoms with Crippen molar-refractivity contribution in [2.24, 2.45) is 5.92 Å². The smallest absolute Gasteiger partial charge is 0.325 e. The Balaban J connectivity index is 2.29. The van der Waals surface area contributed by atoms with E-state index in [1.807, 2.05) is 18.2 Å². The fourth-order valence-corrected chi connectivity index (χ4v) is 3.15. The molecule has 1 aromatic rings. The van der Waals surface area contributed by atoms with Crippen molar-refractivity contribution in [2.75, 3.05) is 6.54 Å². The second kappa shape index (κ2) is 5.74. The zero-order chi connectivity index (χ0) is 14.0. The molecule has 0 aromatic heterocycles. The molecule has 0 radical (unpaired) electrons. The highest BCUT2D eigenvalue weighted by atomic mass is 16.4. The SMILES string of the molecule is CC(C)CC(C)N1CCc2ccccc2C1C(=O)O. The van der Waals surface area contributed by atoms with Gasteiger partial charge in [0.2, 0.25) is 0 Å². The molecule has 1 aromatic carbocycles. The number of carboxylic acid groups (broad SMARTS) is 1. The zero-order valence-corrected chi connectivity index (χ0v) is 12.0. The highest BCUT2D eigenvalue weighted by molar-refractivity contribution is 5.76. The fraction of sp³-hybridized carbons (Fsp3) is 0.562. The van der Waals surface area contributed by atoms with Gasteiger partial charge in [-0.25, -0.2) is 0 Å². The molecule has 1 aliphatic rings. The van der Waals surface area contributed by atoms with Crippen LogP contribution in [-0.4, -0.2) is 28.6 Å². The summed E-state index contributed by atoms with van der Waals surface area (Å²) in [6.45, 7) is 7.35. The summed E-state index contributed by atoms with van der Waals surface area (Å²) in [4.78, 5) is 13.8. The Kier molecular flexibility index (Phi) is 4.25. The predicted octanol–water partition coefficient (Wildman–Crippen LogP) is 3.11. The van der Waals surface area contributed by atoms with Gasteiger partial charge in [0.1, 0.15) is 6.04 Å². The Morgan fingerprint density at radius 1 is 1.37 bits per heavy atom. The molecule has 0 saturated heterocycles. The van der Waals surface area contributed by atoms with E-state index in [2.05, 4.69) is 31.7 Å². The fourth-order valence-electron chi connectivity index (χ4n) is 3.15.